The van der Waals surface area contributed by atoms with Gasteiger partial charge in [0.15, 0.2) is 11.6 Å². The van der Waals surface area contributed by atoms with E-state index in [1.54, 1.807) is 12.3 Å². The number of likely N-dealkylation sites (tertiary alicyclic amines) is 1. The fourth-order valence-corrected chi connectivity index (χ4v) is 4.44. The van der Waals surface area contributed by atoms with Crippen molar-refractivity contribution in [2.24, 2.45) is 5.92 Å². The summed E-state index contributed by atoms with van der Waals surface area (Å²) < 4.78 is 26.9. The molecule has 1 aromatic heterocycles. The van der Waals surface area contributed by atoms with Crippen LogP contribution in [0, 0.1) is 24.5 Å². The first-order valence-corrected chi connectivity index (χ1v) is 10.9. The van der Waals surface area contributed by atoms with Gasteiger partial charge in [-0.1, -0.05) is 30.3 Å². The standard InChI is InChI=1S/C26H27F2N3O/c1-18-7-2-3-9-21(18)26(32)30-25(24-10-4-5-13-29-24)20-8-6-14-31(17-20)16-19-11-12-22(27)23(28)15-19/h2-5,7,9-13,15,20,25H,6,8,14,16-17H2,1H3,(H,30,32)/t20-,25-/m1/s1. The molecule has 1 N–H and O–H groups in total. The number of aryl methyl sites for hydroxylation is 1. The third kappa shape index (κ3) is 5.19. The third-order valence-electron chi connectivity index (χ3n) is 6.09. The van der Waals surface area contributed by atoms with Crippen molar-refractivity contribution < 1.29 is 13.6 Å². The summed E-state index contributed by atoms with van der Waals surface area (Å²) in [6.45, 7) is 4.06. The van der Waals surface area contributed by atoms with Gasteiger partial charge in [-0.05, 0) is 73.7 Å². The minimum Gasteiger partial charge on any atom is -0.343 e. The van der Waals surface area contributed by atoms with Crippen LogP contribution in [0.3, 0.4) is 0 Å². The number of pyridine rings is 1. The number of piperidine rings is 1. The summed E-state index contributed by atoms with van der Waals surface area (Å²) in [4.78, 5) is 19.9. The van der Waals surface area contributed by atoms with E-state index in [9.17, 15) is 13.6 Å². The Labute approximate surface area is 187 Å². The lowest BCUT2D eigenvalue weighted by Gasteiger charge is -2.37. The van der Waals surface area contributed by atoms with E-state index in [1.807, 2.05) is 49.4 Å². The van der Waals surface area contributed by atoms with Crippen LogP contribution in [0.5, 0.6) is 0 Å². The summed E-state index contributed by atoms with van der Waals surface area (Å²) in [5.41, 5.74) is 3.15. The molecule has 2 atom stereocenters. The lowest BCUT2D eigenvalue weighted by molar-refractivity contribution is 0.0874. The predicted octanol–water partition coefficient (Wildman–Crippen LogP) is 5.05. The molecule has 0 bridgehead atoms. The Balaban J connectivity index is 1.53. The van der Waals surface area contributed by atoms with Crippen LogP contribution in [0.15, 0.2) is 66.9 Å². The molecule has 2 heterocycles. The zero-order valence-corrected chi connectivity index (χ0v) is 18.1. The Morgan fingerprint density at radius 3 is 2.69 bits per heavy atom. The molecule has 0 spiro atoms. The molecule has 1 amide bonds. The largest absolute Gasteiger partial charge is 0.343 e. The van der Waals surface area contributed by atoms with E-state index in [0.717, 1.165) is 42.8 Å². The van der Waals surface area contributed by atoms with E-state index in [0.29, 0.717) is 12.1 Å². The first-order chi connectivity index (χ1) is 15.5. The average molecular weight is 436 g/mol. The zero-order valence-electron chi connectivity index (χ0n) is 18.1. The van der Waals surface area contributed by atoms with Crippen molar-refractivity contribution in [1.29, 1.82) is 0 Å². The number of carbonyl (C=O) groups is 1. The van der Waals surface area contributed by atoms with Gasteiger partial charge < -0.3 is 5.32 Å². The van der Waals surface area contributed by atoms with E-state index in [-0.39, 0.29) is 17.9 Å². The Kier molecular flexibility index (Phi) is 6.90. The van der Waals surface area contributed by atoms with Crippen molar-refractivity contribution in [2.45, 2.75) is 32.4 Å². The van der Waals surface area contributed by atoms with Gasteiger partial charge in [-0.25, -0.2) is 8.78 Å². The van der Waals surface area contributed by atoms with Gasteiger partial charge in [0.25, 0.3) is 5.91 Å². The van der Waals surface area contributed by atoms with E-state index >= 15 is 0 Å². The van der Waals surface area contributed by atoms with Crippen LogP contribution in [0.4, 0.5) is 8.78 Å². The number of carbonyl (C=O) groups excluding carboxylic acids is 1. The maximum atomic E-state index is 13.6. The number of benzene rings is 2. The topological polar surface area (TPSA) is 45.2 Å². The maximum absolute atomic E-state index is 13.6. The number of halogens is 2. The van der Waals surface area contributed by atoms with Crippen molar-refractivity contribution in [3.63, 3.8) is 0 Å². The van der Waals surface area contributed by atoms with Crippen LogP contribution in [0.1, 0.15) is 46.1 Å². The molecule has 6 heteroatoms. The number of nitrogens with zero attached hydrogens (tertiary/aromatic N) is 2. The Bertz CT molecular complexity index is 1070. The first-order valence-electron chi connectivity index (χ1n) is 10.9. The molecule has 166 valence electrons. The molecule has 32 heavy (non-hydrogen) atoms. The van der Waals surface area contributed by atoms with Gasteiger partial charge >= 0.3 is 0 Å². The van der Waals surface area contributed by atoms with Crippen molar-refractivity contribution in [3.05, 3.63) is 101 Å². The molecule has 0 unspecified atom stereocenters. The minimum atomic E-state index is -0.834. The van der Waals surface area contributed by atoms with Crippen molar-refractivity contribution in [3.8, 4) is 0 Å². The fraction of sp³-hybridized carbons (Fsp3) is 0.308. The first kappa shape index (κ1) is 22.1. The van der Waals surface area contributed by atoms with Gasteiger partial charge in [-0.2, -0.15) is 0 Å². The number of aromatic nitrogens is 1. The highest BCUT2D eigenvalue weighted by Gasteiger charge is 2.31. The average Bonchev–Trinajstić information content (AvgIpc) is 2.81. The molecule has 4 rings (SSSR count). The molecule has 1 aliphatic rings. The van der Waals surface area contributed by atoms with Crippen LogP contribution in [-0.4, -0.2) is 28.9 Å². The van der Waals surface area contributed by atoms with Crippen LogP contribution >= 0.6 is 0 Å². The van der Waals surface area contributed by atoms with Crippen LogP contribution < -0.4 is 5.32 Å². The lowest BCUT2D eigenvalue weighted by atomic mass is 9.88. The molecule has 3 aromatic rings. The number of amides is 1. The van der Waals surface area contributed by atoms with Crippen molar-refractivity contribution in [2.75, 3.05) is 13.1 Å². The van der Waals surface area contributed by atoms with Gasteiger partial charge in [0.1, 0.15) is 0 Å². The molecule has 1 aliphatic heterocycles. The second kappa shape index (κ2) is 10.0. The summed E-state index contributed by atoms with van der Waals surface area (Å²) in [6, 6.07) is 17.1. The molecule has 4 nitrogen and oxygen atoms in total. The van der Waals surface area contributed by atoms with Crippen LogP contribution in [-0.2, 0) is 6.54 Å². The molecule has 0 radical (unpaired) electrons. The van der Waals surface area contributed by atoms with Gasteiger partial charge in [0.05, 0.1) is 11.7 Å². The normalized spacial score (nSPS) is 17.7. The highest BCUT2D eigenvalue weighted by molar-refractivity contribution is 5.95. The van der Waals surface area contributed by atoms with Gasteiger partial charge in [0, 0.05) is 24.8 Å². The van der Waals surface area contributed by atoms with Crippen LogP contribution in [0.25, 0.3) is 0 Å². The smallest absolute Gasteiger partial charge is 0.252 e. The number of hydrogen-bond acceptors (Lipinski definition) is 3. The monoisotopic (exact) mass is 435 g/mol. The fourth-order valence-electron chi connectivity index (χ4n) is 4.44. The highest BCUT2D eigenvalue weighted by atomic mass is 19.2. The highest BCUT2D eigenvalue weighted by Crippen LogP contribution is 2.30. The Morgan fingerprint density at radius 1 is 1.12 bits per heavy atom. The van der Waals surface area contributed by atoms with Crippen LogP contribution in [0.2, 0.25) is 0 Å². The lowest BCUT2D eigenvalue weighted by Crippen LogP contribution is -2.43. The SMILES string of the molecule is Cc1ccccc1C(=O)N[C@@H](c1ccccn1)[C@@H]1CCCN(Cc2ccc(F)c(F)c2)C1. The number of nitrogens with one attached hydrogen (secondary N) is 1. The summed E-state index contributed by atoms with van der Waals surface area (Å²) in [6.07, 6.45) is 3.64. The summed E-state index contributed by atoms with van der Waals surface area (Å²) in [5.74, 6) is -1.62. The van der Waals surface area contributed by atoms with E-state index in [2.05, 4.69) is 15.2 Å². The number of hydrogen-bond donors (Lipinski definition) is 1. The summed E-state index contributed by atoms with van der Waals surface area (Å²) in [5, 5.41) is 3.22. The van der Waals surface area contributed by atoms with E-state index < -0.39 is 11.6 Å². The van der Waals surface area contributed by atoms with Gasteiger partial charge in [-0.3, -0.25) is 14.7 Å². The summed E-state index contributed by atoms with van der Waals surface area (Å²) in [7, 11) is 0. The van der Waals surface area contributed by atoms with E-state index in [4.69, 9.17) is 0 Å². The third-order valence-corrected chi connectivity index (χ3v) is 6.09. The molecular weight excluding hydrogens is 408 g/mol. The van der Waals surface area contributed by atoms with Crippen molar-refractivity contribution in [1.82, 2.24) is 15.2 Å². The maximum Gasteiger partial charge on any atom is 0.252 e. The molecule has 1 fully saturated rings. The number of rotatable bonds is 6. The molecule has 0 aliphatic carbocycles. The van der Waals surface area contributed by atoms with E-state index in [1.165, 1.54) is 12.1 Å². The molecule has 0 saturated carbocycles. The Hall–Kier alpha value is -3.12. The zero-order chi connectivity index (χ0) is 22.5. The molecular formula is C26H27F2N3O. The van der Waals surface area contributed by atoms with Crippen molar-refractivity contribution >= 4 is 5.91 Å². The quantitative estimate of drug-likeness (QED) is 0.589. The van der Waals surface area contributed by atoms with Gasteiger partial charge in [-0.15, -0.1) is 0 Å². The molecule has 2 aromatic carbocycles. The second-order valence-corrected chi connectivity index (χ2v) is 8.41. The Morgan fingerprint density at radius 2 is 1.94 bits per heavy atom. The second-order valence-electron chi connectivity index (χ2n) is 8.41. The predicted molar refractivity (Wildman–Crippen MR) is 120 cm³/mol. The minimum absolute atomic E-state index is 0.114. The van der Waals surface area contributed by atoms with Gasteiger partial charge in [0.2, 0.25) is 0 Å². The molecule has 1 saturated heterocycles. The summed E-state index contributed by atoms with van der Waals surface area (Å²) >= 11 is 0.